The number of benzene rings is 1. The summed E-state index contributed by atoms with van der Waals surface area (Å²) in [6.45, 7) is 5.15. The normalized spacial score (nSPS) is 10.3. The maximum atomic E-state index is 12.7. The van der Waals surface area contributed by atoms with Crippen molar-refractivity contribution >= 4 is 5.69 Å². The van der Waals surface area contributed by atoms with E-state index in [0.29, 0.717) is 18.8 Å². The highest BCUT2D eigenvalue weighted by Crippen LogP contribution is 2.14. The van der Waals surface area contributed by atoms with Crippen molar-refractivity contribution in [1.82, 2.24) is 0 Å². The molecular weight excluding hydrogens is 219 g/mol. The van der Waals surface area contributed by atoms with Crippen LogP contribution >= 0.6 is 0 Å². The van der Waals surface area contributed by atoms with Crippen LogP contribution in [0.1, 0.15) is 20.3 Å². The van der Waals surface area contributed by atoms with E-state index in [1.54, 1.807) is 12.1 Å². The summed E-state index contributed by atoms with van der Waals surface area (Å²) in [6.07, 6.45) is 3.05. The van der Waals surface area contributed by atoms with Gasteiger partial charge in [0.25, 0.3) is 0 Å². The minimum atomic E-state index is -0.296. The first kappa shape index (κ1) is 13.5. The molecule has 4 heteroatoms. The smallest absolute Gasteiger partial charge is 0.184 e. The van der Waals surface area contributed by atoms with E-state index >= 15 is 0 Å². The van der Waals surface area contributed by atoms with Crippen molar-refractivity contribution in [2.24, 2.45) is 0 Å². The van der Waals surface area contributed by atoms with Crippen LogP contribution in [0.15, 0.2) is 24.3 Å². The number of hydrogen-bond acceptors (Lipinski definition) is 3. The summed E-state index contributed by atoms with van der Waals surface area (Å²) < 4.78 is 18.1. The van der Waals surface area contributed by atoms with Crippen LogP contribution < -0.4 is 4.90 Å². The minimum absolute atomic E-state index is 0.205. The third kappa shape index (κ3) is 4.83. The van der Waals surface area contributed by atoms with E-state index in [1.807, 2.05) is 13.8 Å². The Morgan fingerprint density at radius 1 is 1.35 bits per heavy atom. The molecular formula is C13H17FN2O. The minimum Gasteiger partial charge on any atom is -0.379 e. The molecule has 0 heterocycles. The van der Waals surface area contributed by atoms with Crippen molar-refractivity contribution in [3.8, 4) is 6.19 Å². The van der Waals surface area contributed by atoms with Crippen LogP contribution in [0, 0.1) is 17.3 Å². The Labute approximate surface area is 101 Å². The number of hydrogen-bond donors (Lipinski definition) is 0. The average molecular weight is 236 g/mol. The predicted molar refractivity (Wildman–Crippen MR) is 65.1 cm³/mol. The number of nitriles is 1. The first-order chi connectivity index (χ1) is 8.13. The molecule has 0 spiro atoms. The Morgan fingerprint density at radius 3 is 2.53 bits per heavy atom. The van der Waals surface area contributed by atoms with Gasteiger partial charge in [-0.05, 0) is 44.5 Å². The van der Waals surface area contributed by atoms with Crippen LogP contribution in [0.2, 0.25) is 0 Å². The zero-order valence-corrected chi connectivity index (χ0v) is 10.2. The van der Waals surface area contributed by atoms with E-state index < -0.39 is 0 Å². The molecule has 92 valence electrons. The van der Waals surface area contributed by atoms with Crippen LogP contribution in [0.25, 0.3) is 0 Å². The lowest BCUT2D eigenvalue weighted by molar-refractivity contribution is 0.0782. The van der Waals surface area contributed by atoms with Crippen LogP contribution in [0.4, 0.5) is 10.1 Å². The third-order valence-corrected chi connectivity index (χ3v) is 2.24. The molecule has 0 aliphatic heterocycles. The lowest BCUT2D eigenvalue weighted by Gasteiger charge is -2.16. The van der Waals surface area contributed by atoms with Crippen LogP contribution in [0.5, 0.6) is 0 Å². The highest BCUT2D eigenvalue weighted by Gasteiger charge is 2.05. The fourth-order valence-corrected chi connectivity index (χ4v) is 1.40. The molecule has 1 aromatic carbocycles. The van der Waals surface area contributed by atoms with Gasteiger partial charge in [0.2, 0.25) is 0 Å². The molecule has 17 heavy (non-hydrogen) atoms. The summed E-state index contributed by atoms with van der Waals surface area (Å²) in [5.74, 6) is -0.296. The molecule has 1 rings (SSSR count). The molecule has 0 saturated carbocycles. The van der Waals surface area contributed by atoms with E-state index in [9.17, 15) is 4.39 Å². The Bertz CT molecular complexity index is 370. The van der Waals surface area contributed by atoms with Gasteiger partial charge in [0.05, 0.1) is 11.8 Å². The fraction of sp³-hybridized carbons (Fsp3) is 0.462. The second-order valence-corrected chi connectivity index (χ2v) is 4.00. The van der Waals surface area contributed by atoms with Crippen LogP contribution in [-0.4, -0.2) is 19.3 Å². The molecule has 1 aromatic rings. The summed E-state index contributed by atoms with van der Waals surface area (Å²) in [4.78, 5) is 1.53. The van der Waals surface area contributed by atoms with Crippen molar-refractivity contribution in [3.05, 3.63) is 30.1 Å². The van der Waals surface area contributed by atoms with Gasteiger partial charge in [-0.2, -0.15) is 5.26 Å². The number of nitrogens with zero attached hydrogens (tertiary/aromatic N) is 2. The van der Waals surface area contributed by atoms with Crippen molar-refractivity contribution < 1.29 is 9.13 Å². The standard InChI is InChI=1S/C13H17FN2O/c1-11(2)17-9-3-8-16(10-15)13-6-4-12(14)5-7-13/h4-7,11H,3,8-9H2,1-2H3. The highest BCUT2D eigenvalue weighted by atomic mass is 19.1. The number of ether oxygens (including phenoxy) is 1. The predicted octanol–water partition coefficient (Wildman–Crippen LogP) is 2.93. The Balaban J connectivity index is 2.44. The van der Waals surface area contributed by atoms with Crippen molar-refractivity contribution in [3.63, 3.8) is 0 Å². The quantitative estimate of drug-likeness (QED) is 0.433. The first-order valence-corrected chi connectivity index (χ1v) is 5.68. The molecule has 0 aliphatic carbocycles. The zero-order valence-electron chi connectivity index (χ0n) is 10.2. The summed E-state index contributed by atoms with van der Waals surface area (Å²) in [7, 11) is 0. The molecule has 0 N–H and O–H groups in total. The molecule has 0 aromatic heterocycles. The van der Waals surface area contributed by atoms with Gasteiger partial charge in [0.1, 0.15) is 5.82 Å². The average Bonchev–Trinajstić information content (AvgIpc) is 2.30. The zero-order chi connectivity index (χ0) is 12.7. The van der Waals surface area contributed by atoms with Crippen LogP contribution in [-0.2, 0) is 4.74 Å². The largest absolute Gasteiger partial charge is 0.379 e. The van der Waals surface area contributed by atoms with Gasteiger partial charge < -0.3 is 4.74 Å². The van der Waals surface area contributed by atoms with Gasteiger partial charge in [-0.3, -0.25) is 4.90 Å². The number of rotatable bonds is 6. The highest BCUT2D eigenvalue weighted by molar-refractivity contribution is 5.49. The maximum absolute atomic E-state index is 12.7. The van der Waals surface area contributed by atoms with Gasteiger partial charge in [-0.15, -0.1) is 0 Å². The molecule has 3 nitrogen and oxygen atoms in total. The molecule has 0 atom stereocenters. The number of halogens is 1. The lowest BCUT2D eigenvalue weighted by Crippen LogP contribution is -2.19. The Kier molecular flexibility index (Phi) is 5.44. The van der Waals surface area contributed by atoms with Crippen LogP contribution in [0.3, 0.4) is 0 Å². The molecule has 0 unspecified atom stereocenters. The number of anilines is 1. The van der Waals surface area contributed by atoms with E-state index in [2.05, 4.69) is 6.19 Å². The second-order valence-electron chi connectivity index (χ2n) is 4.00. The van der Waals surface area contributed by atoms with Gasteiger partial charge >= 0.3 is 0 Å². The van der Waals surface area contributed by atoms with Gasteiger partial charge in [-0.25, -0.2) is 4.39 Å². The van der Waals surface area contributed by atoms with Gasteiger partial charge in [-0.1, -0.05) is 0 Å². The SMILES string of the molecule is CC(C)OCCCN(C#N)c1ccc(F)cc1. The Morgan fingerprint density at radius 2 is 2.00 bits per heavy atom. The second kappa shape index (κ2) is 6.87. The molecule has 0 fully saturated rings. The summed E-state index contributed by atoms with van der Waals surface area (Å²) in [5.41, 5.74) is 0.707. The van der Waals surface area contributed by atoms with Crippen molar-refractivity contribution in [2.45, 2.75) is 26.4 Å². The fourth-order valence-electron chi connectivity index (χ4n) is 1.40. The topological polar surface area (TPSA) is 36.3 Å². The summed E-state index contributed by atoms with van der Waals surface area (Å²) in [6, 6.07) is 5.90. The third-order valence-electron chi connectivity index (χ3n) is 2.24. The molecule has 0 amide bonds. The Hall–Kier alpha value is -1.60. The summed E-state index contributed by atoms with van der Waals surface area (Å²) in [5, 5.41) is 9.00. The van der Waals surface area contributed by atoms with Gasteiger partial charge in [0, 0.05) is 13.2 Å². The first-order valence-electron chi connectivity index (χ1n) is 5.68. The molecule has 0 radical (unpaired) electrons. The molecule has 0 bridgehead atoms. The monoisotopic (exact) mass is 236 g/mol. The maximum Gasteiger partial charge on any atom is 0.184 e. The van der Waals surface area contributed by atoms with E-state index in [0.717, 1.165) is 6.42 Å². The van der Waals surface area contributed by atoms with Crippen molar-refractivity contribution in [2.75, 3.05) is 18.1 Å². The van der Waals surface area contributed by atoms with Gasteiger partial charge in [0.15, 0.2) is 6.19 Å². The van der Waals surface area contributed by atoms with E-state index in [4.69, 9.17) is 10.00 Å². The van der Waals surface area contributed by atoms with E-state index in [1.165, 1.54) is 17.0 Å². The lowest BCUT2D eigenvalue weighted by atomic mass is 10.3. The molecule has 0 saturated heterocycles. The summed E-state index contributed by atoms with van der Waals surface area (Å²) >= 11 is 0. The van der Waals surface area contributed by atoms with Crippen molar-refractivity contribution in [1.29, 1.82) is 5.26 Å². The molecule has 0 aliphatic rings. The van der Waals surface area contributed by atoms with E-state index in [-0.39, 0.29) is 11.9 Å².